The summed E-state index contributed by atoms with van der Waals surface area (Å²) in [5.74, 6) is 0.665. The predicted octanol–water partition coefficient (Wildman–Crippen LogP) is 1.68. The topological polar surface area (TPSA) is 79.0 Å². The second kappa shape index (κ2) is 11.1. The number of amides is 2. The van der Waals surface area contributed by atoms with Gasteiger partial charge in [-0.15, -0.1) is 11.8 Å². The molecular formula is C20H29N3O4S. The molecular weight excluding hydrogens is 378 g/mol. The number of nitrogens with one attached hydrogen (secondary N) is 1. The number of carbonyl (C=O) groups excluding carboxylic acids is 3. The van der Waals surface area contributed by atoms with E-state index in [1.54, 1.807) is 0 Å². The van der Waals surface area contributed by atoms with E-state index >= 15 is 0 Å². The number of esters is 1. The lowest BCUT2D eigenvalue weighted by Crippen LogP contribution is -2.50. The van der Waals surface area contributed by atoms with Gasteiger partial charge >= 0.3 is 5.97 Å². The molecule has 1 aliphatic heterocycles. The SMILES string of the molecule is COC(=O)CSCCC(=O)N1CCN(CC(=O)Nc2c(C)cccc2C)CC1. The van der Waals surface area contributed by atoms with E-state index in [0.717, 1.165) is 16.8 Å². The second-order valence-corrected chi connectivity index (χ2v) is 7.96. The van der Waals surface area contributed by atoms with Gasteiger partial charge in [0, 0.05) is 44.0 Å². The van der Waals surface area contributed by atoms with Crippen molar-refractivity contribution < 1.29 is 19.1 Å². The van der Waals surface area contributed by atoms with Gasteiger partial charge in [0.1, 0.15) is 0 Å². The van der Waals surface area contributed by atoms with E-state index in [1.165, 1.54) is 18.9 Å². The molecule has 0 radical (unpaired) electrons. The minimum Gasteiger partial charge on any atom is -0.468 e. The first-order valence-electron chi connectivity index (χ1n) is 9.41. The second-order valence-electron chi connectivity index (χ2n) is 6.85. The van der Waals surface area contributed by atoms with Gasteiger partial charge in [-0.2, -0.15) is 0 Å². The third-order valence-electron chi connectivity index (χ3n) is 4.75. The molecule has 0 aliphatic carbocycles. The molecule has 0 saturated carbocycles. The molecule has 1 aliphatic rings. The first kappa shape index (κ1) is 22.2. The highest BCUT2D eigenvalue weighted by Gasteiger charge is 2.22. The molecule has 0 unspecified atom stereocenters. The Bertz CT molecular complexity index is 682. The Labute approximate surface area is 170 Å². The molecule has 2 rings (SSSR count). The Kier molecular flexibility index (Phi) is 8.79. The number of carbonyl (C=O) groups is 3. The maximum atomic E-state index is 12.4. The Balaban J connectivity index is 1.69. The van der Waals surface area contributed by atoms with Crippen LogP contribution in [0, 0.1) is 13.8 Å². The highest BCUT2D eigenvalue weighted by atomic mass is 32.2. The number of rotatable bonds is 8. The number of hydrogen-bond donors (Lipinski definition) is 1. The summed E-state index contributed by atoms with van der Waals surface area (Å²) >= 11 is 1.40. The van der Waals surface area contributed by atoms with E-state index in [4.69, 9.17) is 0 Å². The lowest BCUT2D eigenvalue weighted by molar-refractivity contribution is -0.137. The van der Waals surface area contributed by atoms with Crippen LogP contribution < -0.4 is 5.32 Å². The van der Waals surface area contributed by atoms with Crippen molar-refractivity contribution in [3.63, 3.8) is 0 Å². The number of thioether (sulfide) groups is 1. The number of para-hydroxylation sites is 1. The first-order valence-corrected chi connectivity index (χ1v) is 10.6. The molecule has 2 amide bonds. The van der Waals surface area contributed by atoms with Gasteiger partial charge in [-0.25, -0.2) is 0 Å². The van der Waals surface area contributed by atoms with Gasteiger partial charge in [-0.3, -0.25) is 19.3 Å². The van der Waals surface area contributed by atoms with Gasteiger partial charge in [0.2, 0.25) is 11.8 Å². The van der Waals surface area contributed by atoms with Crippen molar-refractivity contribution in [2.45, 2.75) is 20.3 Å². The summed E-state index contributed by atoms with van der Waals surface area (Å²) in [5, 5.41) is 3.01. The first-order chi connectivity index (χ1) is 13.4. The molecule has 0 aromatic heterocycles. The number of hydrogen-bond acceptors (Lipinski definition) is 6. The molecule has 1 N–H and O–H groups in total. The molecule has 1 aromatic carbocycles. The molecule has 0 bridgehead atoms. The number of anilines is 1. The van der Waals surface area contributed by atoms with Crippen LogP contribution in [0.5, 0.6) is 0 Å². The maximum Gasteiger partial charge on any atom is 0.315 e. The van der Waals surface area contributed by atoms with Crippen molar-refractivity contribution in [3.8, 4) is 0 Å². The molecule has 1 saturated heterocycles. The van der Waals surface area contributed by atoms with E-state index in [1.807, 2.05) is 36.9 Å². The van der Waals surface area contributed by atoms with E-state index in [9.17, 15) is 14.4 Å². The van der Waals surface area contributed by atoms with Gasteiger partial charge in [0.15, 0.2) is 0 Å². The third-order valence-corrected chi connectivity index (χ3v) is 5.68. The zero-order chi connectivity index (χ0) is 20.5. The van der Waals surface area contributed by atoms with Crippen molar-refractivity contribution in [2.75, 3.05) is 56.7 Å². The molecule has 1 fully saturated rings. The van der Waals surface area contributed by atoms with Crippen molar-refractivity contribution in [1.82, 2.24) is 9.80 Å². The summed E-state index contributed by atoms with van der Waals surface area (Å²) in [5.41, 5.74) is 2.98. The van der Waals surface area contributed by atoms with Crippen LogP contribution in [-0.2, 0) is 19.1 Å². The molecule has 1 aromatic rings. The van der Waals surface area contributed by atoms with Crippen LogP contribution in [0.15, 0.2) is 18.2 Å². The summed E-state index contributed by atoms with van der Waals surface area (Å²) < 4.78 is 4.57. The summed E-state index contributed by atoms with van der Waals surface area (Å²) in [6.07, 6.45) is 0.411. The summed E-state index contributed by atoms with van der Waals surface area (Å²) in [6, 6.07) is 5.94. The zero-order valence-electron chi connectivity index (χ0n) is 16.8. The fourth-order valence-corrected chi connectivity index (χ4v) is 3.83. The fourth-order valence-electron chi connectivity index (χ4n) is 3.08. The zero-order valence-corrected chi connectivity index (χ0v) is 17.6. The van der Waals surface area contributed by atoms with Gasteiger partial charge in [0.25, 0.3) is 0 Å². The van der Waals surface area contributed by atoms with E-state index in [2.05, 4.69) is 15.0 Å². The summed E-state index contributed by atoms with van der Waals surface area (Å²) in [4.78, 5) is 39.6. The van der Waals surface area contributed by atoms with Crippen molar-refractivity contribution in [1.29, 1.82) is 0 Å². The van der Waals surface area contributed by atoms with Crippen LogP contribution in [0.4, 0.5) is 5.69 Å². The quantitative estimate of drug-likeness (QED) is 0.522. The Morgan fingerprint density at radius 2 is 1.75 bits per heavy atom. The van der Waals surface area contributed by atoms with Crippen LogP contribution in [0.2, 0.25) is 0 Å². The normalized spacial score (nSPS) is 14.6. The smallest absolute Gasteiger partial charge is 0.315 e. The summed E-state index contributed by atoms with van der Waals surface area (Å²) in [7, 11) is 1.36. The third kappa shape index (κ3) is 6.83. The average molecular weight is 408 g/mol. The minimum atomic E-state index is -0.273. The number of methoxy groups -OCH3 is 1. The maximum absolute atomic E-state index is 12.4. The predicted molar refractivity (Wildman–Crippen MR) is 112 cm³/mol. The lowest BCUT2D eigenvalue weighted by atomic mass is 10.1. The van der Waals surface area contributed by atoms with Crippen molar-refractivity contribution in [3.05, 3.63) is 29.3 Å². The fraction of sp³-hybridized carbons (Fsp3) is 0.550. The number of benzene rings is 1. The molecule has 1 heterocycles. The van der Waals surface area contributed by atoms with E-state index in [-0.39, 0.29) is 23.5 Å². The van der Waals surface area contributed by atoms with Crippen LogP contribution >= 0.6 is 11.8 Å². The average Bonchev–Trinajstić information content (AvgIpc) is 2.68. The number of aryl methyl sites for hydroxylation is 2. The van der Waals surface area contributed by atoms with Crippen LogP contribution in [0.25, 0.3) is 0 Å². The van der Waals surface area contributed by atoms with Crippen LogP contribution in [0.3, 0.4) is 0 Å². The standard InChI is InChI=1S/C20H29N3O4S/c1-15-5-4-6-16(2)20(15)21-17(24)13-22-8-10-23(11-9-22)18(25)7-12-28-14-19(26)27-3/h4-6H,7-14H2,1-3H3,(H,21,24). The number of ether oxygens (including phenoxy) is 1. The Morgan fingerprint density at radius 1 is 1.11 bits per heavy atom. The van der Waals surface area contributed by atoms with Gasteiger partial charge in [-0.05, 0) is 25.0 Å². The number of piperazine rings is 1. The molecule has 154 valence electrons. The largest absolute Gasteiger partial charge is 0.468 e. The van der Waals surface area contributed by atoms with Gasteiger partial charge in [0.05, 0.1) is 19.4 Å². The Morgan fingerprint density at radius 3 is 2.36 bits per heavy atom. The monoisotopic (exact) mass is 407 g/mol. The van der Waals surface area contributed by atoms with Crippen LogP contribution in [0.1, 0.15) is 17.5 Å². The van der Waals surface area contributed by atoms with E-state index in [0.29, 0.717) is 44.9 Å². The highest BCUT2D eigenvalue weighted by Crippen LogP contribution is 2.19. The molecule has 7 nitrogen and oxygen atoms in total. The van der Waals surface area contributed by atoms with Gasteiger partial charge < -0.3 is 15.0 Å². The lowest BCUT2D eigenvalue weighted by Gasteiger charge is -2.34. The number of nitrogens with zero attached hydrogens (tertiary/aromatic N) is 2. The molecule has 0 atom stereocenters. The molecule has 0 spiro atoms. The molecule has 8 heteroatoms. The van der Waals surface area contributed by atoms with E-state index < -0.39 is 0 Å². The van der Waals surface area contributed by atoms with Crippen LogP contribution in [-0.4, -0.2) is 78.9 Å². The highest BCUT2D eigenvalue weighted by molar-refractivity contribution is 7.99. The van der Waals surface area contributed by atoms with Crippen molar-refractivity contribution in [2.24, 2.45) is 0 Å². The summed E-state index contributed by atoms with van der Waals surface area (Å²) in [6.45, 7) is 6.90. The van der Waals surface area contributed by atoms with Crippen molar-refractivity contribution >= 4 is 35.2 Å². The van der Waals surface area contributed by atoms with Gasteiger partial charge in [-0.1, -0.05) is 18.2 Å². The molecule has 28 heavy (non-hydrogen) atoms. The Hall–Kier alpha value is -2.06. The minimum absolute atomic E-state index is 0.0311.